The Labute approximate surface area is 111 Å². The molecule has 0 saturated carbocycles. The van der Waals surface area contributed by atoms with E-state index in [1.165, 1.54) is 6.07 Å². The number of hydrogen-bond acceptors (Lipinski definition) is 0. The number of benzene rings is 1. The Morgan fingerprint density at radius 3 is 1.85 bits per heavy atom. The fraction of sp³-hybridized carbons (Fsp3) is 0.538. The first-order chi connectivity index (χ1) is 8.91. The van der Waals surface area contributed by atoms with Crippen molar-refractivity contribution in [3.8, 4) is 0 Å². The highest BCUT2D eigenvalue weighted by atomic mass is 19.4. The lowest BCUT2D eigenvalue weighted by Crippen LogP contribution is -2.50. The second kappa shape index (κ2) is 5.26. The fourth-order valence-electron chi connectivity index (χ4n) is 1.79. The van der Waals surface area contributed by atoms with Gasteiger partial charge < -0.3 is 0 Å². The van der Waals surface area contributed by atoms with E-state index in [9.17, 15) is 30.7 Å². The first kappa shape index (κ1) is 16.8. The maximum absolute atomic E-state index is 13.7. The molecule has 0 aliphatic heterocycles. The van der Waals surface area contributed by atoms with Crippen molar-refractivity contribution in [2.24, 2.45) is 5.92 Å². The van der Waals surface area contributed by atoms with Crippen LogP contribution < -0.4 is 0 Å². The SMILES string of the molecule is CC(C)Cc1ccccc1C(F)(F)C(F)(F)C(F)(F)F. The van der Waals surface area contributed by atoms with Crippen LogP contribution in [-0.4, -0.2) is 12.1 Å². The Balaban J connectivity index is 3.35. The maximum Gasteiger partial charge on any atom is 0.460 e. The molecule has 0 heterocycles. The van der Waals surface area contributed by atoms with E-state index in [2.05, 4.69) is 0 Å². The molecule has 1 aromatic carbocycles. The zero-order chi connectivity index (χ0) is 15.8. The van der Waals surface area contributed by atoms with E-state index in [0.29, 0.717) is 6.07 Å². The topological polar surface area (TPSA) is 0 Å². The monoisotopic (exact) mass is 302 g/mol. The van der Waals surface area contributed by atoms with Crippen LogP contribution in [0.15, 0.2) is 24.3 Å². The van der Waals surface area contributed by atoms with E-state index < -0.39 is 23.6 Å². The predicted octanol–water partition coefficient (Wildman–Crippen LogP) is 5.17. The molecule has 0 N–H and O–H groups in total. The highest BCUT2D eigenvalue weighted by Crippen LogP contribution is 2.52. The largest absolute Gasteiger partial charge is 0.460 e. The van der Waals surface area contributed by atoms with Crippen LogP contribution in [0.1, 0.15) is 25.0 Å². The van der Waals surface area contributed by atoms with Gasteiger partial charge in [-0.05, 0) is 17.9 Å². The lowest BCUT2D eigenvalue weighted by molar-refractivity contribution is -0.359. The van der Waals surface area contributed by atoms with Gasteiger partial charge in [0, 0.05) is 5.56 Å². The van der Waals surface area contributed by atoms with Gasteiger partial charge in [-0.3, -0.25) is 0 Å². The molecule has 0 aromatic heterocycles. The summed E-state index contributed by atoms with van der Waals surface area (Å²) in [4.78, 5) is 0. The van der Waals surface area contributed by atoms with Crippen LogP contribution in [0.5, 0.6) is 0 Å². The molecule has 0 spiro atoms. The van der Waals surface area contributed by atoms with E-state index in [0.717, 1.165) is 12.1 Å². The molecule has 114 valence electrons. The van der Waals surface area contributed by atoms with Crippen LogP contribution in [0.2, 0.25) is 0 Å². The smallest absolute Gasteiger partial charge is 0.194 e. The summed E-state index contributed by atoms with van der Waals surface area (Å²) in [6.45, 7) is 3.30. The Morgan fingerprint density at radius 1 is 0.900 bits per heavy atom. The summed E-state index contributed by atoms with van der Waals surface area (Å²) in [6, 6.07) is 4.08. The minimum Gasteiger partial charge on any atom is -0.194 e. The quantitative estimate of drug-likeness (QED) is 0.673. The minimum atomic E-state index is -6.32. The molecular weight excluding hydrogens is 289 g/mol. The third-order valence-corrected chi connectivity index (χ3v) is 2.73. The molecule has 0 fully saturated rings. The second-order valence-corrected chi connectivity index (χ2v) is 4.90. The summed E-state index contributed by atoms with van der Waals surface area (Å²) in [7, 11) is 0. The van der Waals surface area contributed by atoms with E-state index in [1.54, 1.807) is 13.8 Å². The van der Waals surface area contributed by atoms with Crippen molar-refractivity contribution in [1.82, 2.24) is 0 Å². The van der Waals surface area contributed by atoms with E-state index >= 15 is 0 Å². The lowest BCUT2D eigenvalue weighted by atomic mass is 9.91. The molecule has 1 aromatic rings. The van der Waals surface area contributed by atoms with Crippen LogP contribution in [0.3, 0.4) is 0 Å². The second-order valence-electron chi connectivity index (χ2n) is 4.90. The van der Waals surface area contributed by atoms with Gasteiger partial charge in [0.25, 0.3) is 0 Å². The predicted molar refractivity (Wildman–Crippen MR) is 59.9 cm³/mol. The molecule has 0 unspecified atom stereocenters. The number of alkyl halides is 7. The van der Waals surface area contributed by atoms with Gasteiger partial charge in [0.05, 0.1) is 0 Å². The minimum absolute atomic E-state index is 0.0142. The van der Waals surface area contributed by atoms with Gasteiger partial charge in [-0.2, -0.15) is 30.7 Å². The first-order valence-electron chi connectivity index (χ1n) is 5.82. The van der Waals surface area contributed by atoms with Gasteiger partial charge in [-0.25, -0.2) is 0 Å². The van der Waals surface area contributed by atoms with Crippen LogP contribution in [0.25, 0.3) is 0 Å². The van der Waals surface area contributed by atoms with Crippen molar-refractivity contribution in [3.63, 3.8) is 0 Å². The molecule has 0 aliphatic rings. The van der Waals surface area contributed by atoms with Gasteiger partial charge >= 0.3 is 18.0 Å². The summed E-state index contributed by atoms with van der Waals surface area (Å²) in [5.41, 5.74) is -1.49. The first-order valence-corrected chi connectivity index (χ1v) is 5.82. The summed E-state index contributed by atoms with van der Waals surface area (Å²) in [5.74, 6) is -11.6. The van der Waals surface area contributed by atoms with Crippen LogP contribution in [0.4, 0.5) is 30.7 Å². The Morgan fingerprint density at radius 2 is 1.40 bits per heavy atom. The Bertz CT molecular complexity index is 460. The number of hydrogen-bond donors (Lipinski definition) is 0. The van der Waals surface area contributed by atoms with Crippen LogP contribution in [-0.2, 0) is 12.3 Å². The summed E-state index contributed by atoms with van der Waals surface area (Å²) < 4.78 is 90.0. The van der Waals surface area contributed by atoms with Gasteiger partial charge in [0.1, 0.15) is 0 Å². The van der Waals surface area contributed by atoms with E-state index in [-0.39, 0.29) is 17.9 Å². The molecule has 7 heteroatoms. The summed E-state index contributed by atoms with van der Waals surface area (Å²) >= 11 is 0. The number of halogens is 7. The molecule has 0 radical (unpaired) electrons. The highest BCUT2D eigenvalue weighted by molar-refractivity contribution is 5.33. The summed E-state index contributed by atoms with van der Waals surface area (Å²) in [6.07, 6.45) is -6.33. The van der Waals surface area contributed by atoms with E-state index in [4.69, 9.17) is 0 Å². The zero-order valence-corrected chi connectivity index (χ0v) is 10.7. The number of rotatable bonds is 4. The molecule has 0 atom stereocenters. The molecular formula is C13H13F7. The van der Waals surface area contributed by atoms with E-state index in [1.807, 2.05) is 0 Å². The molecule has 20 heavy (non-hydrogen) atoms. The van der Waals surface area contributed by atoms with Crippen molar-refractivity contribution in [2.45, 2.75) is 38.3 Å². The van der Waals surface area contributed by atoms with Crippen molar-refractivity contribution in [1.29, 1.82) is 0 Å². The van der Waals surface area contributed by atoms with Crippen molar-refractivity contribution in [2.75, 3.05) is 0 Å². The molecule has 0 amide bonds. The third-order valence-electron chi connectivity index (χ3n) is 2.73. The normalized spacial score (nSPS) is 13.9. The van der Waals surface area contributed by atoms with Crippen molar-refractivity contribution >= 4 is 0 Å². The van der Waals surface area contributed by atoms with Gasteiger partial charge in [0.2, 0.25) is 0 Å². The maximum atomic E-state index is 13.7. The molecule has 0 saturated heterocycles. The van der Waals surface area contributed by atoms with Crippen molar-refractivity contribution in [3.05, 3.63) is 35.4 Å². The molecule has 1 rings (SSSR count). The lowest BCUT2D eigenvalue weighted by Gasteiger charge is -2.30. The van der Waals surface area contributed by atoms with Gasteiger partial charge in [-0.1, -0.05) is 38.1 Å². The molecule has 0 aliphatic carbocycles. The van der Waals surface area contributed by atoms with Crippen molar-refractivity contribution < 1.29 is 30.7 Å². The van der Waals surface area contributed by atoms with Crippen LogP contribution >= 0.6 is 0 Å². The Kier molecular flexibility index (Phi) is 4.41. The fourth-order valence-corrected chi connectivity index (χ4v) is 1.79. The molecule has 0 bridgehead atoms. The van der Waals surface area contributed by atoms with Gasteiger partial charge in [0.15, 0.2) is 0 Å². The van der Waals surface area contributed by atoms with Gasteiger partial charge in [-0.15, -0.1) is 0 Å². The molecule has 0 nitrogen and oxygen atoms in total. The summed E-state index contributed by atoms with van der Waals surface area (Å²) in [5, 5.41) is 0. The third kappa shape index (κ3) is 2.91. The highest BCUT2D eigenvalue weighted by Gasteiger charge is 2.73. The zero-order valence-electron chi connectivity index (χ0n) is 10.7. The Hall–Kier alpha value is -1.27. The average Bonchev–Trinajstić information content (AvgIpc) is 2.26. The standard InChI is InChI=1S/C13H13F7/c1-8(2)7-9-5-3-4-6-10(9)11(14,15)12(16,17)13(18,19)20/h3-6,8H,7H2,1-2H3. The average molecular weight is 302 g/mol. The van der Waals surface area contributed by atoms with Crippen LogP contribution in [0, 0.1) is 5.92 Å².